The maximum Gasteiger partial charge on any atom is 0.259 e. The molecule has 0 atom stereocenters. The number of nitrogens with one attached hydrogen (secondary N) is 1. The second-order valence-electron chi connectivity index (χ2n) is 6.43. The predicted molar refractivity (Wildman–Crippen MR) is 102 cm³/mol. The summed E-state index contributed by atoms with van der Waals surface area (Å²) in [5, 5.41) is 12.4. The summed E-state index contributed by atoms with van der Waals surface area (Å²) in [6.07, 6.45) is 3.71. The van der Waals surface area contributed by atoms with Gasteiger partial charge in [0.15, 0.2) is 0 Å². The molecule has 1 saturated carbocycles. The van der Waals surface area contributed by atoms with Gasteiger partial charge in [-0.1, -0.05) is 22.9 Å². The number of amides is 1. The molecule has 1 aliphatic heterocycles. The van der Waals surface area contributed by atoms with Crippen LogP contribution in [0.4, 0.5) is 10.8 Å². The van der Waals surface area contributed by atoms with Gasteiger partial charge in [0.05, 0.1) is 22.0 Å². The molecule has 2 aliphatic rings. The summed E-state index contributed by atoms with van der Waals surface area (Å²) in [7, 11) is -3.32. The highest BCUT2D eigenvalue weighted by Crippen LogP contribution is 2.42. The Morgan fingerprint density at radius 2 is 2.08 bits per heavy atom. The van der Waals surface area contributed by atoms with Crippen molar-refractivity contribution < 1.29 is 13.2 Å². The molecule has 1 aromatic heterocycles. The molecule has 0 unspecified atom stereocenters. The Balaban J connectivity index is 1.52. The van der Waals surface area contributed by atoms with Gasteiger partial charge in [0.2, 0.25) is 15.2 Å². The number of carbonyl (C=O) groups is 1. The molecule has 2 fully saturated rings. The third-order valence-corrected chi connectivity index (χ3v) is 7.61. The van der Waals surface area contributed by atoms with E-state index in [1.54, 1.807) is 12.1 Å². The van der Waals surface area contributed by atoms with Crippen LogP contribution in [0, 0.1) is 0 Å². The molecular formula is C16H17ClN4O3S2. The molecule has 1 aliphatic carbocycles. The van der Waals surface area contributed by atoms with E-state index in [4.69, 9.17) is 11.6 Å². The van der Waals surface area contributed by atoms with Crippen LogP contribution in [0.1, 0.15) is 47.0 Å². The molecule has 4 rings (SSSR count). The molecule has 0 radical (unpaired) electrons. The minimum absolute atomic E-state index is 0.132. The van der Waals surface area contributed by atoms with Gasteiger partial charge in [-0.05, 0) is 43.9 Å². The largest absolute Gasteiger partial charge is 0.296 e. The van der Waals surface area contributed by atoms with E-state index < -0.39 is 10.0 Å². The average Bonchev–Trinajstić information content (AvgIpc) is 3.34. The minimum atomic E-state index is -3.32. The number of sulfonamides is 1. The van der Waals surface area contributed by atoms with Gasteiger partial charge in [-0.25, -0.2) is 8.42 Å². The summed E-state index contributed by atoms with van der Waals surface area (Å²) in [6, 6.07) is 4.68. The normalized spacial score (nSPS) is 19.3. The first-order valence-electron chi connectivity index (χ1n) is 8.39. The third-order valence-electron chi connectivity index (χ3n) is 4.42. The van der Waals surface area contributed by atoms with Crippen LogP contribution in [-0.4, -0.2) is 36.8 Å². The quantitative estimate of drug-likeness (QED) is 0.832. The van der Waals surface area contributed by atoms with Crippen molar-refractivity contribution >= 4 is 49.7 Å². The van der Waals surface area contributed by atoms with Crippen molar-refractivity contribution in [3.63, 3.8) is 0 Å². The van der Waals surface area contributed by atoms with Crippen molar-refractivity contribution in [2.24, 2.45) is 0 Å². The van der Waals surface area contributed by atoms with Crippen LogP contribution in [0.15, 0.2) is 18.2 Å². The SMILES string of the molecule is O=C(Nc1nnc(C2CC2)s1)c1ccc(N2CCCCS2(=O)=O)cc1Cl. The van der Waals surface area contributed by atoms with Gasteiger partial charge in [-0.2, -0.15) is 0 Å². The van der Waals surface area contributed by atoms with Crippen molar-refractivity contribution in [2.45, 2.75) is 31.6 Å². The molecular weight excluding hydrogens is 396 g/mol. The van der Waals surface area contributed by atoms with Gasteiger partial charge in [0.1, 0.15) is 5.01 Å². The van der Waals surface area contributed by atoms with E-state index in [2.05, 4.69) is 15.5 Å². The van der Waals surface area contributed by atoms with Crippen molar-refractivity contribution in [1.29, 1.82) is 0 Å². The van der Waals surface area contributed by atoms with Crippen molar-refractivity contribution in [1.82, 2.24) is 10.2 Å². The van der Waals surface area contributed by atoms with Crippen LogP contribution < -0.4 is 9.62 Å². The first-order valence-corrected chi connectivity index (χ1v) is 11.2. The maximum absolute atomic E-state index is 12.5. The molecule has 0 spiro atoms. The zero-order valence-corrected chi connectivity index (χ0v) is 16.2. The Morgan fingerprint density at radius 1 is 1.27 bits per heavy atom. The van der Waals surface area contributed by atoms with Gasteiger partial charge in [-0.15, -0.1) is 10.2 Å². The van der Waals surface area contributed by atoms with Crippen molar-refractivity contribution in [3.8, 4) is 0 Å². The molecule has 1 aromatic carbocycles. The monoisotopic (exact) mass is 412 g/mol. The van der Waals surface area contributed by atoms with Crippen LogP contribution in [0.25, 0.3) is 0 Å². The first kappa shape index (κ1) is 17.7. The second kappa shape index (κ2) is 6.79. The van der Waals surface area contributed by atoms with E-state index in [-0.39, 0.29) is 22.2 Å². The number of hydrogen-bond donors (Lipinski definition) is 1. The summed E-state index contributed by atoms with van der Waals surface area (Å²) in [4.78, 5) is 12.5. The topological polar surface area (TPSA) is 92.3 Å². The number of anilines is 2. The van der Waals surface area contributed by atoms with E-state index >= 15 is 0 Å². The van der Waals surface area contributed by atoms with E-state index in [9.17, 15) is 13.2 Å². The Morgan fingerprint density at radius 3 is 2.77 bits per heavy atom. The summed E-state index contributed by atoms with van der Waals surface area (Å²) < 4.78 is 25.8. The van der Waals surface area contributed by atoms with Gasteiger partial charge >= 0.3 is 0 Å². The zero-order chi connectivity index (χ0) is 18.3. The molecule has 7 nitrogen and oxygen atoms in total. The highest BCUT2D eigenvalue weighted by molar-refractivity contribution is 7.92. The van der Waals surface area contributed by atoms with E-state index in [1.807, 2.05) is 0 Å². The first-order chi connectivity index (χ1) is 12.4. The third kappa shape index (κ3) is 3.56. The van der Waals surface area contributed by atoms with E-state index in [0.29, 0.717) is 29.7 Å². The van der Waals surface area contributed by atoms with Gasteiger partial charge in [-0.3, -0.25) is 14.4 Å². The predicted octanol–water partition coefficient (Wildman–Crippen LogP) is 3.25. The molecule has 138 valence electrons. The smallest absolute Gasteiger partial charge is 0.259 e. The Labute approximate surface area is 160 Å². The van der Waals surface area contributed by atoms with Gasteiger partial charge in [0, 0.05) is 12.5 Å². The lowest BCUT2D eigenvalue weighted by molar-refractivity contribution is 0.102. The number of rotatable bonds is 4. The fraction of sp³-hybridized carbons (Fsp3) is 0.438. The van der Waals surface area contributed by atoms with Crippen molar-refractivity contribution in [3.05, 3.63) is 33.8 Å². The molecule has 2 aromatic rings. The summed E-state index contributed by atoms with van der Waals surface area (Å²) in [6.45, 7) is 0.429. The lowest BCUT2D eigenvalue weighted by Gasteiger charge is -2.28. The fourth-order valence-electron chi connectivity index (χ4n) is 2.87. The Bertz CT molecular complexity index is 956. The standard InChI is InChI=1S/C16H17ClN4O3S2/c17-13-9-11(21-7-1-2-8-26(21,23)24)5-6-12(13)14(22)18-16-20-19-15(25-16)10-3-4-10/h5-6,9-10H,1-4,7-8H2,(H,18,20,22). The van der Waals surface area contributed by atoms with Crippen LogP contribution in [0.2, 0.25) is 5.02 Å². The number of nitrogens with zero attached hydrogens (tertiary/aromatic N) is 3. The highest BCUT2D eigenvalue weighted by atomic mass is 35.5. The highest BCUT2D eigenvalue weighted by Gasteiger charge is 2.29. The lowest BCUT2D eigenvalue weighted by atomic mass is 10.2. The molecule has 10 heteroatoms. The van der Waals surface area contributed by atoms with Gasteiger partial charge in [0.25, 0.3) is 5.91 Å². The van der Waals surface area contributed by atoms with Gasteiger partial charge < -0.3 is 0 Å². The molecule has 1 N–H and O–H groups in total. The molecule has 2 heterocycles. The average molecular weight is 413 g/mol. The van der Waals surface area contributed by atoms with Crippen molar-refractivity contribution in [2.75, 3.05) is 21.9 Å². The Kier molecular flexibility index (Phi) is 4.62. The van der Waals surface area contributed by atoms with Crippen LogP contribution in [-0.2, 0) is 10.0 Å². The zero-order valence-electron chi connectivity index (χ0n) is 13.8. The van der Waals surface area contributed by atoms with Crippen LogP contribution in [0.3, 0.4) is 0 Å². The van der Waals surface area contributed by atoms with E-state index in [1.165, 1.54) is 21.7 Å². The molecule has 1 amide bonds. The number of carbonyl (C=O) groups excluding carboxylic acids is 1. The summed E-state index contributed by atoms with van der Waals surface area (Å²) in [5.74, 6) is 0.224. The van der Waals surface area contributed by atoms with Crippen LogP contribution >= 0.6 is 22.9 Å². The van der Waals surface area contributed by atoms with E-state index in [0.717, 1.165) is 24.3 Å². The molecule has 0 bridgehead atoms. The number of aromatic nitrogens is 2. The number of benzene rings is 1. The van der Waals surface area contributed by atoms with Crippen LogP contribution in [0.5, 0.6) is 0 Å². The molecule has 1 saturated heterocycles. The Hall–Kier alpha value is -1.71. The summed E-state index contributed by atoms with van der Waals surface area (Å²) >= 11 is 7.63. The second-order valence-corrected chi connectivity index (χ2v) is 9.86. The lowest BCUT2D eigenvalue weighted by Crippen LogP contribution is -2.37. The molecule has 26 heavy (non-hydrogen) atoms. The summed E-state index contributed by atoms with van der Waals surface area (Å²) in [5.41, 5.74) is 0.756. The number of halogens is 1. The maximum atomic E-state index is 12.5. The minimum Gasteiger partial charge on any atom is -0.296 e. The number of hydrogen-bond acceptors (Lipinski definition) is 6. The fourth-order valence-corrected chi connectivity index (χ4v) is 5.67.